The summed E-state index contributed by atoms with van der Waals surface area (Å²) in [6.07, 6.45) is 1.18. The van der Waals surface area contributed by atoms with Crippen molar-refractivity contribution in [3.63, 3.8) is 0 Å². The highest BCUT2D eigenvalue weighted by molar-refractivity contribution is 6.30. The van der Waals surface area contributed by atoms with Crippen LogP contribution in [-0.2, 0) is 22.6 Å². The lowest BCUT2D eigenvalue weighted by molar-refractivity contribution is -0.143. The smallest absolute Gasteiger partial charge is 0.261 e. The fourth-order valence-electron chi connectivity index (χ4n) is 3.91. The summed E-state index contributed by atoms with van der Waals surface area (Å²) in [6.45, 7) is 7.97. The Kier molecular flexibility index (Phi) is 9.95. The number of carbonyl (C=O) groups excluding carboxylic acids is 2. The number of hydrogen-bond donors (Lipinski definition) is 1. The van der Waals surface area contributed by atoms with Gasteiger partial charge in [-0.3, -0.25) is 9.59 Å². The Balaban J connectivity index is 1.93. The Morgan fingerprint density at radius 1 is 0.972 bits per heavy atom. The van der Waals surface area contributed by atoms with Gasteiger partial charge in [0.2, 0.25) is 5.91 Å². The molecular formula is C30H35ClN2O3. The summed E-state index contributed by atoms with van der Waals surface area (Å²) in [4.78, 5) is 28.8. The van der Waals surface area contributed by atoms with Crippen molar-refractivity contribution < 1.29 is 14.3 Å². The summed E-state index contributed by atoms with van der Waals surface area (Å²) in [5.74, 6) is 0.209. The largest absolute Gasteiger partial charge is 0.483 e. The number of nitrogens with zero attached hydrogens (tertiary/aromatic N) is 1. The zero-order valence-corrected chi connectivity index (χ0v) is 22.2. The minimum atomic E-state index is -0.713. The van der Waals surface area contributed by atoms with E-state index in [4.69, 9.17) is 16.3 Å². The fourth-order valence-corrected chi connectivity index (χ4v) is 4.13. The van der Waals surface area contributed by atoms with Gasteiger partial charge in [-0.25, -0.2) is 0 Å². The molecule has 0 aromatic heterocycles. The van der Waals surface area contributed by atoms with Crippen molar-refractivity contribution in [2.45, 2.75) is 59.2 Å². The van der Waals surface area contributed by atoms with Gasteiger partial charge in [0, 0.05) is 24.0 Å². The molecule has 190 valence electrons. The van der Waals surface area contributed by atoms with Crippen LogP contribution in [0.2, 0.25) is 5.02 Å². The van der Waals surface area contributed by atoms with Gasteiger partial charge in [-0.05, 0) is 67.6 Å². The average Bonchev–Trinajstić information content (AvgIpc) is 2.87. The van der Waals surface area contributed by atoms with Crippen LogP contribution in [-0.4, -0.2) is 35.4 Å². The summed E-state index contributed by atoms with van der Waals surface area (Å²) in [5, 5.41) is 3.65. The van der Waals surface area contributed by atoms with Crippen molar-refractivity contribution in [1.82, 2.24) is 10.2 Å². The van der Waals surface area contributed by atoms with Crippen molar-refractivity contribution in [2.24, 2.45) is 0 Å². The quantitative estimate of drug-likeness (QED) is 0.352. The molecule has 0 fully saturated rings. The minimum absolute atomic E-state index is 0.00918. The Morgan fingerprint density at radius 3 is 2.39 bits per heavy atom. The molecule has 0 saturated heterocycles. The van der Waals surface area contributed by atoms with Gasteiger partial charge < -0.3 is 15.0 Å². The molecule has 0 radical (unpaired) electrons. The molecule has 0 spiro atoms. The molecule has 3 aromatic carbocycles. The van der Waals surface area contributed by atoms with Gasteiger partial charge in [-0.15, -0.1) is 0 Å². The lowest BCUT2D eigenvalue weighted by atomic mass is 10.0. The number of benzene rings is 3. The minimum Gasteiger partial charge on any atom is -0.483 e. The molecule has 3 aromatic rings. The summed E-state index contributed by atoms with van der Waals surface area (Å²) in [7, 11) is 0. The molecule has 0 aliphatic rings. The molecule has 2 unspecified atom stereocenters. The van der Waals surface area contributed by atoms with Crippen LogP contribution in [0.3, 0.4) is 0 Å². The lowest BCUT2D eigenvalue weighted by Crippen LogP contribution is -2.53. The van der Waals surface area contributed by atoms with Crippen molar-refractivity contribution in [3.05, 3.63) is 100 Å². The third-order valence-electron chi connectivity index (χ3n) is 6.21. The second-order valence-corrected chi connectivity index (χ2v) is 9.67. The third kappa shape index (κ3) is 7.85. The van der Waals surface area contributed by atoms with E-state index in [0.717, 1.165) is 28.7 Å². The van der Waals surface area contributed by atoms with Gasteiger partial charge in [-0.1, -0.05) is 73.1 Å². The zero-order valence-electron chi connectivity index (χ0n) is 21.5. The predicted molar refractivity (Wildman–Crippen MR) is 145 cm³/mol. The summed E-state index contributed by atoms with van der Waals surface area (Å²) < 4.78 is 5.96. The molecule has 1 N–H and O–H groups in total. The Labute approximate surface area is 219 Å². The molecule has 0 aliphatic heterocycles. The molecule has 0 saturated carbocycles. The molecule has 0 heterocycles. The van der Waals surface area contributed by atoms with Crippen molar-refractivity contribution in [3.8, 4) is 5.75 Å². The van der Waals surface area contributed by atoms with E-state index in [1.165, 1.54) is 0 Å². The van der Waals surface area contributed by atoms with E-state index in [1.54, 1.807) is 11.0 Å². The van der Waals surface area contributed by atoms with Gasteiger partial charge in [0.1, 0.15) is 11.8 Å². The van der Waals surface area contributed by atoms with Crippen LogP contribution in [0, 0.1) is 13.8 Å². The van der Waals surface area contributed by atoms with Crippen LogP contribution in [0.15, 0.2) is 72.8 Å². The van der Waals surface area contributed by atoms with E-state index < -0.39 is 6.04 Å². The van der Waals surface area contributed by atoms with E-state index >= 15 is 0 Å². The highest BCUT2D eigenvalue weighted by atomic mass is 35.5. The van der Waals surface area contributed by atoms with Crippen LogP contribution < -0.4 is 10.1 Å². The molecule has 2 amide bonds. The molecule has 0 aliphatic carbocycles. The average molecular weight is 507 g/mol. The Morgan fingerprint density at radius 2 is 1.69 bits per heavy atom. The molecule has 2 atom stereocenters. The number of hydrogen-bond acceptors (Lipinski definition) is 3. The topological polar surface area (TPSA) is 58.6 Å². The number of aryl methyl sites for hydroxylation is 2. The van der Waals surface area contributed by atoms with E-state index in [0.29, 0.717) is 17.2 Å². The molecule has 6 heteroatoms. The molecule has 5 nitrogen and oxygen atoms in total. The molecule has 3 rings (SSSR count). The van der Waals surface area contributed by atoms with Crippen molar-refractivity contribution >= 4 is 23.4 Å². The number of halogens is 1. The van der Waals surface area contributed by atoms with Gasteiger partial charge in [0.05, 0.1) is 0 Å². The number of rotatable bonds is 11. The van der Waals surface area contributed by atoms with Crippen LogP contribution >= 0.6 is 11.6 Å². The zero-order chi connectivity index (χ0) is 26.1. The first-order chi connectivity index (χ1) is 17.3. The van der Waals surface area contributed by atoms with Crippen LogP contribution in [0.1, 0.15) is 42.5 Å². The second kappa shape index (κ2) is 13.1. The predicted octanol–water partition coefficient (Wildman–Crippen LogP) is 5.89. The Bertz CT molecular complexity index is 1170. The van der Waals surface area contributed by atoms with Crippen LogP contribution in [0.5, 0.6) is 5.75 Å². The van der Waals surface area contributed by atoms with E-state index in [2.05, 4.69) is 5.32 Å². The maximum Gasteiger partial charge on any atom is 0.261 e. The standard InChI is InChI=1S/C30H35ClN2O3/c1-5-23(4)32-30(35)27(18-24-10-7-6-8-11-24)33(19-25-12-9-13-26(31)17-25)29(34)20-36-28-16-21(2)14-15-22(28)3/h6-17,23,27H,5,18-20H2,1-4H3,(H,32,35). The maximum absolute atomic E-state index is 13.7. The van der Waals surface area contributed by atoms with Gasteiger partial charge in [-0.2, -0.15) is 0 Å². The van der Waals surface area contributed by atoms with E-state index in [9.17, 15) is 9.59 Å². The van der Waals surface area contributed by atoms with Crippen molar-refractivity contribution in [2.75, 3.05) is 6.61 Å². The first-order valence-electron chi connectivity index (χ1n) is 12.3. The maximum atomic E-state index is 13.7. The van der Waals surface area contributed by atoms with Gasteiger partial charge in [0.25, 0.3) is 5.91 Å². The number of nitrogens with one attached hydrogen (secondary N) is 1. The Hall–Kier alpha value is -3.31. The highest BCUT2D eigenvalue weighted by Gasteiger charge is 2.31. The monoisotopic (exact) mass is 506 g/mol. The molecule has 36 heavy (non-hydrogen) atoms. The normalized spacial score (nSPS) is 12.5. The summed E-state index contributed by atoms with van der Waals surface area (Å²) >= 11 is 6.23. The van der Waals surface area contributed by atoms with E-state index in [1.807, 2.05) is 94.4 Å². The second-order valence-electron chi connectivity index (χ2n) is 9.23. The first-order valence-corrected chi connectivity index (χ1v) is 12.7. The summed E-state index contributed by atoms with van der Waals surface area (Å²) in [6, 6.07) is 22.3. The SMILES string of the molecule is CCC(C)NC(=O)C(Cc1ccccc1)N(Cc1cccc(Cl)c1)C(=O)COc1cc(C)ccc1C. The van der Waals surface area contributed by atoms with Gasteiger partial charge >= 0.3 is 0 Å². The van der Waals surface area contributed by atoms with Gasteiger partial charge in [0.15, 0.2) is 6.61 Å². The summed E-state index contributed by atoms with van der Waals surface area (Å²) in [5.41, 5.74) is 3.82. The highest BCUT2D eigenvalue weighted by Crippen LogP contribution is 2.21. The van der Waals surface area contributed by atoms with Crippen molar-refractivity contribution in [1.29, 1.82) is 0 Å². The fraction of sp³-hybridized carbons (Fsp3) is 0.333. The third-order valence-corrected chi connectivity index (χ3v) is 6.44. The lowest BCUT2D eigenvalue weighted by Gasteiger charge is -2.32. The van der Waals surface area contributed by atoms with E-state index in [-0.39, 0.29) is 31.0 Å². The van der Waals surface area contributed by atoms with Crippen LogP contribution in [0.4, 0.5) is 0 Å². The molecule has 0 bridgehead atoms. The first kappa shape index (κ1) is 27.3. The number of ether oxygens (including phenoxy) is 1. The molecular weight excluding hydrogens is 472 g/mol. The van der Waals surface area contributed by atoms with Crippen LogP contribution in [0.25, 0.3) is 0 Å². The number of carbonyl (C=O) groups is 2. The number of amides is 2.